The van der Waals surface area contributed by atoms with E-state index in [0.29, 0.717) is 25.5 Å². The van der Waals surface area contributed by atoms with Crippen LogP contribution < -0.4 is 15.4 Å². The number of para-hydroxylation sites is 1. The summed E-state index contributed by atoms with van der Waals surface area (Å²) in [6.45, 7) is 0.359. The number of halogens is 4. The zero-order chi connectivity index (χ0) is 33.0. The highest BCUT2D eigenvalue weighted by atomic mass is 32.2. The van der Waals surface area contributed by atoms with Crippen LogP contribution in [0.1, 0.15) is 35.4 Å². The minimum absolute atomic E-state index is 0.000147. The second-order valence-corrected chi connectivity index (χ2v) is 13.4. The Balaban J connectivity index is 1.46. The van der Waals surface area contributed by atoms with Crippen molar-refractivity contribution >= 4 is 21.9 Å². The lowest BCUT2D eigenvalue weighted by Crippen LogP contribution is -2.58. The van der Waals surface area contributed by atoms with Crippen molar-refractivity contribution < 1.29 is 45.0 Å². The fourth-order valence-electron chi connectivity index (χ4n) is 6.01. The van der Waals surface area contributed by atoms with Crippen molar-refractivity contribution in [1.29, 1.82) is 0 Å². The van der Waals surface area contributed by atoms with Gasteiger partial charge in [-0.05, 0) is 54.3 Å². The number of alkyl carbamates (subject to hydrolysis) is 1. The third-order valence-electron chi connectivity index (χ3n) is 8.21. The molecule has 5 atom stereocenters. The zero-order valence-electron chi connectivity index (χ0n) is 24.8. The van der Waals surface area contributed by atoms with Gasteiger partial charge in [-0.3, -0.25) is 4.79 Å². The number of carbonyl (C=O) groups is 2. The molecule has 0 spiro atoms. The number of ketones is 1. The molecule has 2 heterocycles. The Labute approximate surface area is 263 Å². The Morgan fingerprint density at radius 2 is 1.72 bits per heavy atom. The van der Waals surface area contributed by atoms with E-state index in [0.717, 1.165) is 37.4 Å². The number of hydrogen-bond donors (Lipinski definition) is 2. The van der Waals surface area contributed by atoms with Crippen LogP contribution in [0.5, 0.6) is 5.75 Å². The number of nitrogens with one attached hydrogen (secondary N) is 2. The zero-order valence-corrected chi connectivity index (χ0v) is 25.7. The largest absolute Gasteiger partial charge is 0.488 e. The molecule has 0 aliphatic carbocycles. The first-order chi connectivity index (χ1) is 21.9. The first-order valence-corrected chi connectivity index (χ1v) is 16.3. The summed E-state index contributed by atoms with van der Waals surface area (Å²) in [7, 11) is -2.48. The van der Waals surface area contributed by atoms with Gasteiger partial charge in [-0.15, -0.1) is 0 Å². The number of sulfonamides is 1. The highest BCUT2D eigenvalue weighted by Crippen LogP contribution is 2.33. The molecule has 0 radical (unpaired) electrons. The maximum Gasteiger partial charge on any atom is 0.407 e. The van der Waals surface area contributed by atoms with E-state index in [2.05, 4.69) is 10.6 Å². The van der Waals surface area contributed by atoms with E-state index in [4.69, 9.17) is 9.47 Å². The van der Waals surface area contributed by atoms with Crippen LogP contribution in [0.3, 0.4) is 0 Å². The van der Waals surface area contributed by atoms with Crippen LogP contribution in [0.4, 0.5) is 22.4 Å². The van der Waals surface area contributed by atoms with Gasteiger partial charge in [-0.25, -0.2) is 30.8 Å². The molecular formula is C32H33F4N3O6S. The van der Waals surface area contributed by atoms with Gasteiger partial charge in [-0.2, -0.15) is 4.31 Å². The standard InChI is InChI=1S/C32H33F4N3O6S/c1-44-32(41)38-30(29(19-7-9-22(33)10-8-19)21-12-23(34)15-24(35)13-21)28(40)14-20-4-2-6-27(36)31(20)45-18-26-16-37-25-5-3-11-46(42,43)39(26)17-25/h2,4,6-10,12-13,15,25-26,29-30,37H,3,5,11,14,16-18H2,1H3,(H,38,41)/t25?,26?,29-,30+/m0/s1. The average molecular weight is 664 g/mol. The second-order valence-electron chi connectivity index (χ2n) is 11.3. The normalized spacial score (nSPS) is 21.8. The van der Waals surface area contributed by atoms with Gasteiger partial charge in [0.2, 0.25) is 10.0 Å². The molecule has 14 heteroatoms. The number of benzene rings is 3. The number of hydrogen-bond acceptors (Lipinski definition) is 7. The molecule has 3 aromatic rings. The lowest BCUT2D eigenvalue weighted by molar-refractivity contribution is -0.120. The Morgan fingerprint density at radius 1 is 1.00 bits per heavy atom. The fraction of sp³-hybridized carbons (Fsp3) is 0.375. The monoisotopic (exact) mass is 663 g/mol. The lowest BCUT2D eigenvalue weighted by atomic mass is 9.81. The van der Waals surface area contributed by atoms with Crippen molar-refractivity contribution in [1.82, 2.24) is 14.9 Å². The van der Waals surface area contributed by atoms with Crippen molar-refractivity contribution in [3.05, 3.63) is 101 Å². The minimum atomic E-state index is -3.54. The number of amides is 1. The highest BCUT2D eigenvalue weighted by molar-refractivity contribution is 7.89. The van der Waals surface area contributed by atoms with Gasteiger partial charge in [0.05, 0.1) is 18.9 Å². The first kappa shape index (κ1) is 33.4. The Bertz CT molecular complexity index is 1670. The van der Waals surface area contributed by atoms with Crippen LogP contribution in [0, 0.1) is 23.3 Å². The molecule has 0 aromatic heterocycles. The maximum atomic E-state index is 15.2. The molecule has 2 bridgehead atoms. The number of piperazine rings is 1. The maximum absolute atomic E-state index is 15.2. The summed E-state index contributed by atoms with van der Waals surface area (Å²) >= 11 is 0. The number of carbonyl (C=O) groups excluding carboxylic acids is 2. The Morgan fingerprint density at radius 3 is 2.41 bits per heavy atom. The third kappa shape index (κ3) is 7.68. The Hall–Kier alpha value is -4.01. The van der Waals surface area contributed by atoms with Crippen molar-refractivity contribution in [2.45, 2.75) is 43.3 Å². The van der Waals surface area contributed by atoms with E-state index in [-0.39, 0.29) is 47.4 Å². The number of ether oxygens (including phenoxy) is 2. The predicted octanol–water partition coefficient (Wildman–Crippen LogP) is 4.06. The smallest absolute Gasteiger partial charge is 0.407 e. The molecule has 1 amide bonds. The van der Waals surface area contributed by atoms with Crippen molar-refractivity contribution in [2.24, 2.45) is 0 Å². The average Bonchev–Trinajstić information content (AvgIpc) is 3.12. The SMILES string of the molecule is COC(=O)N[C@H](C(=O)Cc1cccc(F)c1OCC1CNC2CCCS(=O)(=O)N1C2)[C@@H](c1ccc(F)cc1)c1cc(F)cc(F)c1. The first-order valence-electron chi connectivity index (χ1n) is 14.7. The molecule has 3 unspecified atom stereocenters. The van der Waals surface area contributed by atoms with E-state index in [1.54, 1.807) is 0 Å². The minimum Gasteiger partial charge on any atom is -0.488 e. The van der Waals surface area contributed by atoms with E-state index >= 15 is 4.39 Å². The molecule has 2 saturated heterocycles. The number of Topliss-reactive ketones (excluding diaryl/α,β-unsaturated/α-hetero) is 1. The molecule has 5 rings (SSSR count). The van der Waals surface area contributed by atoms with E-state index in [1.807, 2.05) is 0 Å². The van der Waals surface area contributed by atoms with Crippen LogP contribution in [0.2, 0.25) is 0 Å². The number of methoxy groups -OCH3 is 1. The fourth-order valence-corrected chi connectivity index (χ4v) is 7.77. The summed E-state index contributed by atoms with van der Waals surface area (Å²) in [4.78, 5) is 26.5. The molecule has 2 fully saturated rings. The van der Waals surface area contributed by atoms with Gasteiger partial charge in [0, 0.05) is 43.1 Å². The van der Waals surface area contributed by atoms with Gasteiger partial charge in [0.15, 0.2) is 17.3 Å². The summed E-state index contributed by atoms with van der Waals surface area (Å²) < 4.78 is 95.6. The number of nitrogens with zero attached hydrogens (tertiary/aromatic N) is 1. The van der Waals surface area contributed by atoms with Gasteiger partial charge in [0.25, 0.3) is 0 Å². The van der Waals surface area contributed by atoms with Crippen LogP contribution in [-0.4, -0.2) is 75.3 Å². The van der Waals surface area contributed by atoms with Gasteiger partial charge >= 0.3 is 6.09 Å². The third-order valence-corrected chi connectivity index (χ3v) is 10.2. The molecule has 46 heavy (non-hydrogen) atoms. The molecule has 2 aliphatic rings. The van der Waals surface area contributed by atoms with Crippen LogP contribution in [0.25, 0.3) is 0 Å². The number of rotatable bonds is 10. The highest BCUT2D eigenvalue weighted by Gasteiger charge is 2.39. The van der Waals surface area contributed by atoms with Gasteiger partial charge in [0.1, 0.15) is 30.1 Å². The summed E-state index contributed by atoms with van der Waals surface area (Å²) in [5.41, 5.74) is 0.306. The summed E-state index contributed by atoms with van der Waals surface area (Å²) in [6.07, 6.45) is -0.305. The molecule has 0 saturated carbocycles. The van der Waals surface area contributed by atoms with Crippen LogP contribution in [-0.2, 0) is 26.0 Å². The summed E-state index contributed by atoms with van der Waals surface area (Å²) in [5.74, 6) is -5.50. The Kier molecular flexibility index (Phi) is 10.3. The summed E-state index contributed by atoms with van der Waals surface area (Å²) in [6, 6.07) is 9.26. The summed E-state index contributed by atoms with van der Waals surface area (Å²) in [5, 5.41) is 5.74. The second kappa shape index (κ2) is 14.2. The van der Waals surface area contributed by atoms with Crippen LogP contribution in [0.15, 0.2) is 60.7 Å². The quantitative estimate of drug-likeness (QED) is 0.315. The van der Waals surface area contributed by atoms with E-state index in [1.165, 1.54) is 28.6 Å². The predicted molar refractivity (Wildman–Crippen MR) is 160 cm³/mol. The molecular weight excluding hydrogens is 630 g/mol. The molecule has 9 nitrogen and oxygen atoms in total. The molecule has 2 aliphatic heterocycles. The topological polar surface area (TPSA) is 114 Å². The molecule has 3 aromatic carbocycles. The van der Waals surface area contributed by atoms with E-state index < -0.39 is 69.6 Å². The van der Waals surface area contributed by atoms with Crippen molar-refractivity contribution in [2.75, 3.05) is 32.6 Å². The van der Waals surface area contributed by atoms with Crippen molar-refractivity contribution in [3.8, 4) is 5.75 Å². The van der Waals surface area contributed by atoms with Gasteiger partial charge in [-0.1, -0.05) is 24.3 Å². The molecule has 2 N–H and O–H groups in total. The van der Waals surface area contributed by atoms with Crippen molar-refractivity contribution in [3.63, 3.8) is 0 Å². The molecule has 246 valence electrons. The lowest BCUT2D eigenvalue weighted by Gasteiger charge is -2.37. The van der Waals surface area contributed by atoms with E-state index in [9.17, 15) is 31.2 Å². The van der Waals surface area contributed by atoms with Gasteiger partial charge < -0.3 is 20.1 Å². The number of fused-ring (bicyclic) bond motifs is 2. The van der Waals surface area contributed by atoms with Crippen LogP contribution >= 0.6 is 0 Å².